The van der Waals surface area contributed by atoms with Crippen LogP contribution in [0.25, 0.3) is 0 Å². The van der Waals surface area contributed by atoms with E-state index in [0.29, 0.717) is 12.0 Å². The fraction of sp³-hybridized carbons (Fsp3) is 0.800. The Morgan fingerprint density at radius 3 is 2.57 bits per heavy atom. The summed E-state index contributed by atoms with van der Waals surface area (Å²) in [6, 6.07) is 0.316. The van der Waals surface area contributed by atoms with Crippen molar-refractivity contribution in [1.82, 2.24) is 14.8 Å². The first-order valence-corrected chi connectivity index (χ1v) is 8.72. The van der Waals surface area contributed by atoms with Gasteiger partial charge in [0.25, 0.3) is 0 Å². The molecule has 1 aromatic rings. The van der Waals surface area contributed by atoms with E-state index < -0.39 is 5.97 Å². The van der Waals surface area contributed by atoms with Gasteiger partial charge in [0, 0.05) is 12.5 Å². The number of carbonyl (C=O) groups is 1. The van der Waals surface area contributed by atoms with E-state index in [0.717, 1.165) is 30.2 Å². The minimum absolute atomic E-state index is 0.0307. The third-order valence-electron chi connectivity index (χ3n) is 3.38. The highest BCUT2D eigenvalue weighted by molar-refractivity contribution is 7.99. The Bertz CT molecular complexity index is 446. The summed E-state index contributed by atoms with van der Waals surface area (Å²) in [6.07, 6.45) is 5.36. The van der Waals surface area contributed by atoms with Crippen LogP contribution in [0.5, 0.6) is 0 Å². The van der Waals surface area contributed by atoms with Crippen molar-refractivity contribution in [3.63, 3.8) is 0 Å². The number of hydrogen-bond donors (Lipinski definition) is 1. The van der Waals surface area contributed by atoms with E-state index in [4.69, 9.17) is 5.11 Å². The molecule has 0 aliphatic carbocycles. The number of aliphatic carboxylic acids is 1. The first kappa shape index (κ1) is 18.0. The largest absolute Gasteiger partial charge is 0.481 e. The van der Waals surface area contributed by atoms with E-state index >= 15 is 0 Å². The quantitative estimate of drug-likeness (QED) is 0.665. The van der Waals surface area contributed by atoms with Crippen molar-refractivity contribution in [2.75, 3.05) is 5.75 Å². The molecule has 1 rings (SSSR count). The Hall–Kier alpha value is -1.04. The molecule has 5 nitrogen and oxygen atoms in total. The molecular formula is C15H27N3O2S. The molecule has 1 atom stereocenters. The average Bonchev–Trinajstić information content (AvgIpc) is 2.79. The highest BCUT2D eigenvalue weighted by Gasteiger charge is 2.18. The van der Waals surface area contributed by atoms with Crippen molar-refractivity contribution in [3.8, 4) is 0 Å². The van der Waals surface area contributed by atoms with Crippen molar-refractivity contribution >= 4 is 17.7 Å². The monoisotopic (exact) mass is 313 g/mol. The minimum Gasteiger partial charge on any atom is -0.481 e. The molecule has 21 heavy (non-hydrogen) atoms. The molecule has 6 heteroatoms. The maximum absolute atomic E-state index is 10.8. The van der Waals surface area contributed by atoms with Gasteiger partial charge in [-0.3, -0.25) is 4.79 Å². The van der Waals surface area contributed by atoms with Crippen molar-refractivity contribution < 1.29 is 9.90 Å². The SMILES string of the molecule is CCCc1nnc(SCC(=O)O)n1C(C)CCCC(C)C. The summed E-state index contributed by atoms with van der Waals surface area (Å²) >= 11 is 1.26. The zero-order valence-corrected chi connectivity index (χ0v) is 14.3. The number of aromatic nitrogens is 3. The molecule has 1 aromatic heterocycles. The first-order chi connectivity index (χ1) is 9.95. The summed E-state index contributed by atoms with van der Waals surface area (Å²) < 4.78 is 2.14. The second-order valence-corrected chi connectivity index (χ2v) is 6.82. The lowest BCUT2D eigenvalue weighted by Crippen LogP contribution is -2.12. The van der Waals surface area contributed by atoms with Gasteiger partial charge in [0.2, 0.25) is 0 Å². The van der Waals surface area contributed by atoms with Crippen molar-refractivity contribution in [1.29, 1.82) is 0 Å². The Morgan fingerprint density at radius 2 is 2.00 bits per heavy atom. The summed E-state index contributed by atoms with van der Waals surface area (Å²) in [4.78, 5) is 10.8. The molecule has 120 valence electrons. The molecule has 0 spiro atoms. The van der Waals surface area contributed by atoms with Gasteiger partial charge in [0.15, 0.2) is 5.16 Å². The Kier molecular flexibility index (Phi) is 7.78. The molecule has 0 fully saturated rings. The predicted octanol–water partition coefficient (Wildman–Crippen LogP) is 3.79. The van der Waals surface area contributed by atoms with E-state index in [2.05, 4.69) is 42.5 Å². The van der Waals surface area contributed by atoms with E-state index in [1.54, 1.807) is 0 Å². The van der Waals surface area contributed by atoms with Gasteiger partial charge in [0.1, 0.15) is 5.82 Å². The second-order valence-electron chi connectivity index (χ2n) is 5.87. The summed E-state index contributed by atoms with van der Waals surface area (Å²) in [5, 5.41) is 18.0. The van der Waals surface area contributed by atoms with E-state index in [9.17, 15) is 4.79 Å². The zero-order chi connectivity index (χ0) is 15.8. The molecular weight excluding hydrogens is 286 g/mol. The maximum atomic E-state index is 10.8. The number of carboxylic acids is 1. The minimum atomic E-state index is -0.820. The van der Waals surface area contributed by atoms with Gasteiger partial charge in [0.05, 0.1) is 5.75 Å². The van der Waals surface area contributed by atoms with Crippen molar-refractivity contribution in [2.24, 2.45) is 5.92 Å². The summed E-state index contributed by atoms with van der Waals surface area (Å²) in [6.45, 7) is 8.76. The number of thioether (sulfide) groups is 1. The van der Waals surface area contributed by atoms with E-state index in [1.165, 1.54) is 24.6 Å². The van der Waals surface area contributed by atoms with Gasteiger partial charge >= 0.3 is 5.97 Å². The number of carboxylic acid groups (broad SMARTS) is 1. The van der Waals surface area contributed by atoms with Gasteiger partial charge < -0.3 is 9.67 Å². The highest BCUT2D eigenvalue weighted by Crippen LogP contribution is 2.26. The van der Waals surface area contributed by atoms with Gasteiger partial charge in [-0.1, -0.05) is 45.4 Å². The second kappa shape index (κ2) is 9.07. The molecule has 0 aromatic carbocycles. The maximum Gasteiger partial charge on any atom is 0.313 e. The van der Waals surface area contributed by atoms with Crippen LogP contribution < -0.4 is 0 Å². The number of nitrogens with zero attached hydrogens (tertiary/aromatic N) is 3. The molecule has 0 bridgehead atoms. The van der Waals surface area contributed by atoms with Crippen LogP contribution in [0.3, 0.4) is 0 Å². The molecule has 0 saturated heterocycles. The van der Waals surface area contributed by atoms with Gasteiger partial charge in [-0.05, 0) is 25.7 Å². The zero-order valence-electron chi connectivity index (χ0n) is 13.5. The average molecular weight is 313 g/mol. The number of hydrogen-bond acceptors (Lipinski definition) is 4. The lowest BCUT2D eigenvalue weighted by molar-refractivity contribution is -0.133. The first-order valence-electron chi connectivity index (χ1n) is 7.74. The molecule has 1 unspecified atom stereocenters. The topological polar surface area (TPSA) is 68.0 Å². The molecule has 1 N–H and O–H groups in total. The smallest absolute Gasteiger partial charge is 0.313 e. The van der Waals surface area contributed by atoms with Gasteiger partial charge in [-0.15, -0.1) is 10.2 Å². The van der Waals surface area contributed by atoms with E-state index in [1.807, 2.05) is 0 Å². The molecule has 0 aliphatic heterocycles. The number of aryl methyl sites for hydroxylation is 1. The third-order valence-corrected chi connectivity index (χ3v) is 4.31. The fourth-order valence-corrected chi connectivity index (χ4v) is 3.10. The van der Waals surface area contributed by atoms with Crippen LogP contribution in [0, 0.1) is 5.92 Å². The van der Waals surface area contributed by atoms with Crippen LogP contribution in [0.15, 0.2) is 5.16 Å². The lowest BCUT2D eigenvalue weighted by atomic mass is 10.0. The standard InChI is InChI=1S/C15H27N3O2S/c1-5-7-13-16-17-15(21-10-14(19)20)18(13)12(4)9-6-8-11(2)3/h11-12H,5-10H2,1-4H3,(H,19,20). The van der Waals surface area contributed by atoms with Crippen LogP contribution in [0.1, 0.15) is 65.2 Å². The Labute approximate surface area is 131 Å². The fourth-order valence-electron chi connectivity index (χ4n) is 2.32. The molecule has 0 aliphatic rings. The Balaban J connectivity index is 2.78. The third kappa shape index (κ3) is 6.08. The van der Waals surface area contributed by atoms with Crippen LogP contribution in [0.4, 0.5) is 0 Å². The van der Waals surface area contributed by atoms with Crippen LogP contribution in [-0.4, -0.2) is 31.6 Å². The van der Waals surface area contributed by atoms with Crippen molar-refractivity contribution in [3.05, 3.63) is 5.82 Å². The van der Waals surface area contributed by atoms with Crippen LogP contribution >= 0.6 is 11.8 Å². The van der Waals surface area contributed by atoms with E-state index in [-0.39, 0.29) is 5.75 Å². The normalized spacial score (nSPS) is 12.8. The summed E-state index contributed by atoms with van der Waals surface area (Å²) in [5.74, 6) is 0.902. The van der Waals surface area contributed by atoms with Crippen LogP contribution in [-0.2, 0) is 11.2 Å². The molecule has 0 saturated carbocycles. The van der Waals surface area contributed by atoms with Gasteiger partial charge in [-0.25, -0.2) is 0 Å². The van der Waals surface area contributed by atoms with Gasteiger partial charge in [-0.2, -0.15) is 0 Å². The predicted molar refractivity (Wildman–Crippen MR) is 85.8 cm³/mol. The molecule has 0 radical (unpaired) electrons. The molecule has 1 heterocycles. The molecule has 0 amide bonds. The van der Waals surface area contributed by atoms with Crippen molar-refractivity contribution in [2.45, 2.75) is 71.0 Å². The number of rotatable bonds is 10. The summed E-state index contributed by atoms with van der Waals surface area (Å²) in [7, 11) is 0. The van der Waals surface area contributed by atoms with Crippen LogP contribution in [0.2, 0.25) is 0 Å². The lowest BCUT2D eigenvalue weighted by Gasteiger charge is -2.18. The summed E-state index contributed by atoms with van der Waals surface area (Å²) in [5.41, 5.74) is 0. The Morgan fingerprint density at radius 1 is 1.29 bits per heavy atom. The highest BCUT2D eigenvalue weighted by atomic mass is 32.2.